The lowest BCUT2D eigenvalue weighted by Gasteiger charge is -2.27. The zero-order chi connectivity index (χ0) is 19.9. The van der Waals surface area contributed by atoms with E-state index in [9.17, 15) is 14.9 Å². The van der Waals surface area contributed by atoms with E-state index in [0.29, 0.717) is 17.9 Å². The molecule has 7 nitrogen and oxygen atoms in total. The lowest BCUT2D eigenvalue weighted by atomic mass is 9.90. The molecule has 146 valence electrons. The fourth-order valence-corrected chi connectivity index (χ4v) is 2.49. The molecule has 1 aliphatic rings. The van der Waals surface area contributed by atoms with Crippen LogP contribution in [0.2, 0.25) is 0 Å². The van der Waals surface area contributed by atoms with E-state index < -0.39 is 24.0 Å². The number of carbonyl (C=O) groups excluding carboxylic acids is 2. The minimum absolute atomic E-state index is 0.0793. The molecule has 0 aliphatic carbocycles. The van der Waals surface area contributed by atoms with E-state index in [1.165, 1.54) is 0 Å². The first-order chi connectivity index (χ1) is 12.8. The number of nitriles is 1. The van der Waals surface area contributed by atoms with Crippen molar-refractivity contribution in [3.8, 4) is 11.8 Å². The van der Waals surface area contributed by atoms with E-state index >= 15 is 0 Å². The predicted octanol–water partition coefficient (Wildman–Crippen LogP) is 2.46. The van der Waals surface area contributed by atoms with Gasteiger partial charge in [0.1, 0.15) is 17.9 Å². The van der Waals surface area contributed by atoms with Crippen molar-refractivity contribution in [2.75, 3.05) is 19.8 Å². The number of hydrogen-bond acceptors (Lipinski definition) is 6. The van der Waals surface area contributed by atoms with Gasteiger partial charge in [-0.15, -0.1) is 0 Å². The van der Waals surface area contributed by atoms with Crippen molar-refractivity contribution < 1.29 is 23.8 Å². The lowest BCUT2D eigenvalue weighted by Crippen LogP contribution is -2.50. The standard InChI is InChI=1S/C20H26N2O5/c1-14(2)20(3,13-21)22-18(23)12-27-19(24)15-6-8-16(9-7-15)26-11-17-5-4-10-25-17/h6-9,14,17H,4-5,10-12H2,1-3H3,(H,22,23)/t17-,20+/m0/s1. The van der Waals surface area contributed by atoms with Gasteiger partial charge in [-0.3, -0.25) is 4.79 Å². The van der Waals surface area contributed by atoms with Crippen LogP contribution in [0.15, 0.2) is 24.3 Å². The van der Waals surface area contributed by atoms with Gasteiger partial charge >= 0.3 is 5.97 Å². The zero-order valence-electron chi connectivity index (χ0n) is 16.0. The molecule has 1 aliphatic heterocycles. The molecule has 1 heterocycles. The lowest BCUT2D eigenvalue weighted by molar-refractivity contribution is -0.125. The molecular formula is C20H26N2O5. The summed E-state index contributed by atoms with van der Waals surface area (Å²) in [5, 5.41) is 11.8. The molecule has 1 aromatic carbocycles. The number of esters is 1. The van der Waals surface area contributed by atoms with Crippen LogP contribution in [0.4, 0.5) is 0 Å². The summed E-state index contributed by atoms with van der Waals surface area (Å²) in [6.07, 6.45) is 2.17. The minimum Gasteiger partial charge on any atom is -0.491 e. The topological polar surface area (TPSA) is 97.7 Å². The second-order valence-electron chi connectivity index (χ2n) is 7.06. The summed E-state index contributed by atoms with van der Waals surface area (Å²) < 4.78 is 16.2. The Balaban J connectivity index is 1.80. The van der Waals surface area contributed by atoms with Gasteiger partial charge in [0.05, 0.1) is 17.7 Å². The van der Waals surface area contributed by atoms with Crippen molar-refractivity contribution in [3.05, 3.63) is 29.8 Å². The van der Waals surface area contributed by atoms with Crippen molar-refractivity contribution in [1.29, 1.82) is 5.26 Å². The van der Waals surface area contributed by atoms with Crippen LogP contribution >= 0.6 is 0 Å². The highest BCUT2D eigenvalue weighted by Crippen LogP contribution is 2.17. The zero-order valence-corrected chi connectivity index (χ0v) is 16.0. The molecule has 27 heavy (non-hydrogen) atoms. The van der Waals surface area contributed by atoms with Crippen molar-refractivity contribution in [2.24, 2.45) is 5.92 Å². The quantitative estimate of drug-likeness (QED) is 0.702. The first-order valence-electron chi connectivity index (χ1n) is 9.08. The van der Waals surface area contributed by atoms with Crippen LogP contribution in [0.5, 0.6) is 5.75 Å². The van der Waals surface area contributed by atoms with Crippen molar-refractivity contribution in [2.45, 2.75) is 45.3 Å². The van der Waals surface area contributed by atoms with E-state index in [2.05, 4.69) is 11.4 Å². The van der Waals surface area contributed by atoms with Gasteiger partial charge in [-0.1, -0.05) is 13.8 Å². The average Bonchev–Trinajstić information content (AvgIpc) is 3.18. The van der Waals surface area contributed by atoms with E-state index in [0.717, 1.165) is 19.4 Å². The van der Waals surface area contributed by atoms with Gasteiger partial charge in [0, 0.05) is 6.61 Å². The smallest absolute Gasteiger partial charge is 0.338 e. The van der Waals surface area contributed by atoms with Gasteiger partial charge in [-0.05, 0) is 49.9 Å². The second kappa shape index (κ2) is 9.38. The molecule has 0 unspecified atom stereocenters. The van der Waals surface area contributed by atoms with Crippen molar-refractivity contribution >= 4 is 11.9 Å². The number of nitrogens with one attached hydrogen (secondary N) is 1. The number of ether oxygens (including phenoxy) is 3. The molecule has 0 saturated carbocycles. The number of amides is 1. The number of nitrogens with zero attached hydrogens (tertiary/aromatic N) is 1. The van der Waals surface area contributed by atoms with Crippen LogP contribution in [-0.4, -0.2) is 43.3 Å². The fourth-order valence-electron chi connectivity index (χ4n) is 2.49. The third kappa shape index (κ3) is 5.97. The van der Waals surface area contributed by atoms with Gasteiger partial charge in [-0.2, -0.15) is 5.26 Å². The molecule has 1 aromatic rings. The largest absolute Gasteiger partial charge is 0.491 e. The van der Waals surface area contributed by atoms with Gasteiger partial charge in [0.25, 0.3) is 5.91 Å². The molecule has 0 spiro atoms. The van der Waals surface area contributed by atoms with E-state index in [1.54, 1.807) is 31.2 Å². The molecule has 0 radical (unpaired) electrons. The van der Waals surface area contributed by atoms with Gasteiger partial charge < -0.3 is 19.5 Å². The number of benzene rings is 1. The predicted molar refractivity (Wildman–Crippen MR) is 98.2 cm³/mol. The highest BCUT2D eigenvalue weighted by atomic mass is 16.5. The van der Waals surface area contributed by atoms with Gasteiger partial charge in [-0.25, -0.2) is 4.79 Å². The van der Waals surface area contributed by atoms with Crippen molar-refractivity contribution in [3.63, 3.8) is 0 Å². The summed E-state index contributed by atoms with van der Waals surface area (Å²) in [5.41, 5.74) is -0.690. The Bertz CT molecular complexity index is 689. The Morgan fingerprint density at radius 1 is 1.37 bits per heavy atom. The maximum atomic E-state index is 12.1. The highest BCUT2D eigenvalue weighted by Gasteiger charge is 2.30. The van der Waals surface area contributed by atoms with Crippen LogP contribution in [0.25, 0.3) is 0 Å². The average molecular weight is 374 g/mol. The monoisotopic (exact) mass is 374 g/mol. The molecule has 7 heteroatoms. The SMILES string of the molecule is CC(C)[C@@](C)(C#N)NC(=O)COC(=O)c1ccc(OC[C@@H]2CCCO2)cc1. The minimum atomic E-state index is -1.01. The first-order valence-corrected chi connectivity index (χ1v) is 9.08. The molecule has 1 amide bonds. The molecule has 1 saturated heterocycles. The molecule has 0 aromatic heterocycles. The molecule has 2 rings (SSSR count). The van der Waals surface area contributed by atoms with E-state index in [4.69, 9.17) is 14.2 Å². The molecule has 1 N–H and O–H groups in total. The second-order valence-corrected chi connectivity index (χ2v) is 7.06. The van der Waals surface area contributed by atoms with Crippen LogP contribution in [-0.2, 0) is 14.3 Å². The number of hydrogen-bond donors (Lipinski definition) is 1. The van der Waals surface area contributed by atoms with E-state index in [-0.39, 0.29) is 12.0 Å². The third-order valence-corrected chi connectivity index (χ3v) is 4.67. The van der Waals surface area contributed by atoms with Crippen LogP contribution in [0, 0.1) is 17.2 Å². The maximum Gasteiger partial charge on any atom is 0.338 e. The molecule has 1 fully saturated rings. The summed E-state index contributed by atoms with van der Waals surface area (Å²) in [6, 6.07) is 8.59. The third-order valence-electron chi connectivity index (χ3n) is 4.67. The van der Waals surface area contributed by atoms with Crippen molar-refractivity contribution in [1.82, 2.24) is 5.32 Å². The first kappa shape index (κ1) is 20.7. The summed E-state index contributed by atoms with van der Waals surface area (Å²) in [7, 11) is 0. The molecule has 2 atom stereocenters. The Kier molecular flexibility index (Phi) is 7.19. The van der Waals surface area contributed by atoms with Crippen LogP contribution in [0.3, 0.4) is 0 Å². The summed E-state index contributed by atoms with van der Waals surface area (Å²) in [5.74, 6) is -0.567. The van der Waals surface area contributed by atoms with Gasteiger partial charge in [0.2, 0.25) is 0 Å². The summed E-state index contributed by atoms with van der Waals surface area (Å²) in [4.78, 5) is 24.0. The Hall–Kier alpha value is -2.59. The molecule has 0 bridgehead atoms. The van der Waals surface area contributed by atoms with E-state index in [1.807, 2.05) is 13.8 Å². The summed E-state index contributed by atoms with van der Waals surface area (Å²) in [6.45, 7) is 6.11. The maximum absolute atomic E-state index is 12.1. The number of rotatable bonds is 8. The Morgan fingerprint density at radius 2 is 2.07 bits per heavy atom. The van der Waals surface area contributed by atoms with Crippen LogP contribution in [0.1, 0.15) is 44.0 Å². The Morgan fingerprint density at radius 3 is 2.63 bits per heavy atom. The molecular weight excluding hydrogens is 348 g/mol. The van der Waals surface area contributed by atoms with Gasteiger partial charge in [0.15, 0.2) is 6.61 Å². The normalized spacial score (nSPS) is 18.4. The van der Waals surface area contributed by atoms with Crippen LogP contribution < -0.4 is 10.1 Å². The summed E-state index contributed by atoms with van der Waals surface area (Å²) >= 11 is 0. The number of carbonyl (C=O) groups is 2. The highest BCUT2D eigenvalue weighted by molar-refractivity contribution is 5.91. The Labute approximate surface area is 159 Å². The fraction of sp³-hybridized carbons (Fsp3) is 0.550.